The first-order valence-electron chi connectivity index (χ1n) is 3.77. The van der Waals surface area contributed by atoms with Crippen LogP contribution in [0.4, 0.5) is 4.39 Å². The van der Waals surface area contributed by atoms with Gasteiger partial charge in [-0.1, -0.05) is 0 Å². The Morgan fingerprint density at radius 2 is 2.17 bits per heavy atom. The standard InChI is InChI=1S/C8H11FN2O/c1-5(2)11-4-7(9)10-6(3)8(11)12/h4-5H,1-3H3. The summed E-state index contributed by atoms with van der Waals surface area (Å²) in [5.74, 6) is -0.610. The molecule has 0 aliphatic carbocycles. The Morgan fingerprint density at radius 1 is 1.58 bits per heavy atom. The summed E-state index contributed by atoms with van der Waals surface area (Å²) in [5, 5.41) is 0. The van der Waals surface area contributed by atoms with E-state index >= 15 is 0 Å². The van der Waals surface area contributed by atoms with Crippen LogP contribution in [0.25, 0.3) is 0 Å². The molecule has 66 valence electrons. The second-order valence-corrected chi connectivity index (χ2v) is 2.96. The van der Waals surface area contributed by atoms with Gasteiger partial charge in [0.25, 0.3) is 5.56 Å². The van der Waals surface area contributed by atoms with Gasteiger partial charge >= 0.3 is 0 Å². The Balaban J connectivity index is 3.38. The van der Waals surface area contributed by atoms with Crippen LogP contribution in [0.3, 0.4) is 0 Å². The first-order chi connectivity index (χ1) is 5.52. The fourth-order valence-corrected chi connectivity index (χ4v) is 0.981. The van der Waals surface area contributed by atoms with Crippen LogP contribution in [0, 0.1) is 12.9 Å². The molecule has 1 heterocycles. The fourth-order valence-electron chi connectivity index (χ4n) is 0.981. The SMILES string of the molecule is Cc1nc(F)cn(C(C)C)c1=O. The van der Waals surface area contributed by atoms with Gasteiger partial charge in [-0.2, -0.15) is 4.39 Å². The summed E-state index contributed by atoms with van der Waals surface area (Å²) in [5.41, 5.74) is -0.0323. The van der Waals surface area contributed by atoms with Crippen LogP contribution in [-0.4, -0.2) is 9.55 Å². The Bertz CT molecular complexity index is 343. The van der Waals surface area contributed by atoms with Crippen LogP contribution in [0.5, 0.6) is 0 Å². The molecule has 0 N–H and O–H groups in total. The van der Waals surface area contributed by atoms with Crippen molar-refractivity contribution in [3.05, 3.63) is 28.2 Å². The predicted molar refractivity (Wildman–Crippen MR) is 43.6 cm³/mol. The molecule has 4 heteroatoms. The molecule has 0 radical (unpaired) electrons. The Labute approximate surface area is 69.9 Å². The van der Waals surface area contributed by atoms with E-state index in [9.17, 15) is 9.18 Å². The van der Waals surface area contributed by atoms with Gasteiger partial charge in [-0.3, -0.25) is 4.79 Å². The van der Waals surface area contributed by atoms with Gasteiger partial charge in [0.15, 0.2) is 0 Å². The highest BCUT2D eigenvalue weighted by Gasteiger charge is 2.06. The number of halogens is 1. The van der Waals surface area contributed by atoms with Gasteiger partial charge in [0.1, 0.15) is 5.69 Å². The zero-order chi connectivity index (χ0) is 9.30. The van der Waals surface area contributed by atoms with Gasteiger partial charge in [0, 0.05) is 6.04 Å². The van der Waals surface area contributed by atoms with Gasteiger partial charge in [0.2, 0.25) is 5.95 Å². The van der Waals surface area contributed by atoms with E-state index in [0.29, 0.717) is 0 Å². The Morgan fingerprint density at radius 3 is 2.67 bits per heavy atom. The van der Waals surface area contributed by atoms with Crippen molar-refractivity contribution >= 4 is 0 Å². The molecule has 0 bridgehead atoms. The maximum atomic E-state index is 12.7. The summed E-state index contributed by atoms with van der Waals surface area (Å²) in [4.78, 5) is 14.7. The Hall–Kier alpha value is -1.19. The first-order valence-corrected chi connectivity index (χ1v) is 3.77. The predicted octanol–water partition coefficient (Wildman–Crippen LogP) is 1.27. The zero-order valence-corrected chi connectivity index (χ0v) is 7.34. The lowest BCUT2D eigenvalue weighted by Crippen LogP contribution is -2.25. The third-order valence-electron chi connectivity index (χ3n) is 1.62. The summed E-state index contributed by atoms with van der Waals surface area (Å²) < 4.78 is 14.0. The van der Waals surface area contributed by atoms with Crippen molar-refractivity contribution < 1.29 is 4.39 Å². The molecule has 0 amide bonds. The highest BCUT2D eigenvalue weighted by atomic mass is 19.1. The van der Waals surface area contributed by atoms with Crippen molar-refractivity contribution in [2.75, 3.05) is 0 Å². The van der Waals surface area contributed by atoms with Crippen molar-refractivity contribution in [3.8, 4) is 0 Å². The smallest absolute Gasteiger partial charge is 0.272 e. The summed E-state index contributed by atoms with van der Waals surface area (Å²) in [6, 6.07) is -0.0336. The molecular weight excluding hydrogens is 159 g/mol. The maximum Gasteiger partial charge on any atom is 0.272 e. The highest BCUT2D eigenvalue weighted by Crippen LogP contribution is 2.00. The van der Waals surface area contributed by atoms with Crippen molar-refractivity contribution in [2.45, 2.75) is 26.8 Å². The average molecular weight is 170 g/mol. The monoisotopic (exact) mass is 170 g/mol. The fraction of sp³-hybridized carbons (Fsp3) is 0.500. The summed E-state index contributed by atoms with van der Waals surface area (Å²) >= 11 is 0. The molecule has 1 aromatic rings. The van der Waals surface area contributed by atoms with E-state index in [0.717, 1.165) is 6.20 Å². The van der Waals surface area contributed by atoms with Gasteiger partial charge in [-0.25, -0.2) is 4.98 Å². The van der Waals surface area contributed by atoms with Gasteiger partial charge in [0.05, 0.1) is 6.20 Å². The molecule has 0 fully saturated rings. The van der Waals surface area contributed by atoms with E-state index in [1.165, 1.54) is 11.5 Å². The second-order valence-electron chi connectivity index (χ2n) is 2.96. The van der Waals surface area contributed by atoms with E-state index in [4.69, 9.17) is 0 Å². The number of aromatic nitrogens is 2. The van der Waals surface area contributed by atoms with Gasteiger partial charge in [-0.05, 0) is 20.8 Å². The van der Waals surface area contributed by atoms with Crippen LogP contribution in [0.1, 0.15) is 25.6 Å². The molecule has 0 aliphatic rings. The first kappa shape index (κ1) is 8.90. The number of aryl methyl sites for hydroxylation is 1. The molecule has 0 spiro atoms. The summed E-state index contributed by atoms with van der Waals surface area (Å²) in [6.07, 6.45) is 1.12. The largest absolute Gasteiger partial charge is 0.307 e. The van der Waals surface area contributed by atoms with Crippen LogP contribution < -0.4 is 5.56 Å². The van der Waals surface area contributed by atoms with Crippen molar-refractivity contribution in [1.29, 1.82) is 0 Å². The number of nitrogens with zero attached hydrogens (tertiary/aromatic N) is 2. The molecule has 0 atom stereocenters. The molecule has 3 nitrogen and oxygen atoms in total. The molecule has 0 aromatic carbocycles. The molecule has 1 aromatic heterocycles. The molecule has 12 heavy (non-hydrogen) atoms. The molecule has 0 saturated carbocycles. The minimum atomic E-state index is -0.610. The molecule has 1 rings (SSSR count). The number of hydrogen-bond acceptors (Lipinski definition) is 2. The van der Waals surface area contributed by atoms with Crippen LogP contribution in [0.2, 0.25) is 0 Å². The number of hydrogen-bond donors (Lipinski definition) is 0. The van der Waals surface area contributed by atoms with E-state index in [-0.39, 0.29) is 17.3 Å². The minimum absolute atomic E-state index is 0.0336. The molecular formula is C8H11FN2O. The lowest BCUT2D eigenvalue weighted by atomic mass is 10.3. The van der Waals surface area contributed by atoms with Crippen molar-refractivity contribution in [3.63, 3.8) is 0 Å². The molecule has 0 aliphatic heterocycles. The van der Waals surface area contributed by atoms with Crippen LogP contribution >= 0.6 is 0 Å². The third kappa shape index (κ3) is 1.52. The van der Waals surface area contributed by atoms with E-state index in [2.05, 4.69) is 4.98 Å². The van der Waals surface area contributed by atoms with Crippen LogP contribution in [0.15, 0.2) is 11.0 Å². The maximum absolute atomic E-state index is 12.7. The zero-order valence-electron chi connectivity index (χ0n) is 7.34. The molecule has 0 saturated heterocycles. The Kier molecular flexibility index (Phi) is 2.26. The summed E-state index contributed by atoms with van der Waals surface area (Å²) in [6.45, 7) is 5.14. The summed E-state index contributed by atoms with van der Waals surface area (Å²) in [7, 11) is 0. The third-order valence-corrected chi connectivity index (χ3v) is 1.62. The number of rotatable bonds is 1. The van der Waals surface area contributed by atoms with E-state index in [1.54, 1.807) is 0 Å². The normalized spacial score (nSPS) is 10.8. The topological polar surface area (TPSA) is 34.9 Å². The minimum Gasteiger partial charge on any atom is -0.307 e. The van der Waals surface area contributed by atoms with Gasteiger partial charge in [-0.15, -0.1) is 0 Å². The highest BCUT2D eigenvalue weighted by molar-refractivity contribution is 4.96. The molecule has 0 unspecified atom stereocenters. The van der Waals surface area contributed by atoms with E-state index < -0.39 is 5.95 Å². The van der Waals surface area contributed by atoms with E-state index in [1.807, 2.05) is 13.8 Å². The van der Waals surface area contributed by atoms with Crippen molar-refractivity contribution in [2.24, 2.45) is 0 Å². The van der Waals surface area contributed by atoms with Crippen LogP contribution in [-0.2, 0) is 0 Å². The quantitative estimate of drug-likeness (QED) is 0.636. The lowest BCUT2D eigenvalue weighted by Gasteiger charge is -2.09. The van der Waals surface area contributed by atoms with Gasteiger partial charge < -0.3 is 4.57 Å². The average Bonchev–Trinajstić information content (AvgIpc) is 1.96. The lowest BCUT2D eigenvalue weighted by molar-refractivity contribution is 0.505. The second kappa shape index (κ2) is 3.05. The van der Waals surface area contributed by atoms with Crippen molar-refractivity contribution in [1.82, 2.24) is 9.55 Å².